The molecule has 144 valence electrons. The van der Waals surface area contributed by atoms with Crippen molar-refractivity contribution in [3.63, 3.8) is 0 Å². The Hall–Kier alpha value is -2.77. The molecule has 1 unspecified atom stereocenters. The number of carbonyl (C=O) groups excluding carboxylic acids is 1. The SMILES string of the molecule is Cc1cc(C(NC(=O)CCc2nc(C3CCCC3)no2)C(=O)O)ccc1F. The molecular weight excluding hydrogens is 353 g/mol. The molecule has 0 bridgehead atoms. The molecule has 7 nitrogen and oxygen atoms in total. The smallest absolute Gasteiger partial charge is 0.330 e. The van der Waals surface area contributed by atoms with Gasteiger partial charge in [-0.3, -0.25) is 4.79 Å². The second-order valence-corrected chi connectivity index (χ2v) is 6.88. The van der Waals surface area contributed by atoms with Crippen LogP contribution in [-0.2, 0) is 16.0 Å². The summed E-state index contributed by atoms with van der Waals surface area (Å²) in [4.78, 5) is 28.0. The molecule has 1 aromatic heterocycles. The maximum Gasteiger partial charge on any atom is 0.330 e. The minimum Gasteiger partial charge on any atom is -0.479 e. The number of benzene rings is 1. The van der Waals surface area contributed by atoms with Crippen LogP contribution in [0.25, 0.3) is 0 Å². The fourth-order valence-electron chi connectivity index (χ4n) is 3.31. The van der Waals surface area contributed by atoms with Gasteiger partial charge < -0.3 is 14.9 Å². The number of amides is 1. The van der Waals surface area contributed by atoms with E-state index >= 15 is 0 Å². The van der Waals surface area contributed by atoms with Crippen LogP contribution in [0, 0.1) is 12.7 Å². The first-order valence-electron chi connectivity index (χ1n) is 9.04. The first-order valence-corrected chi connectivity index (χ1v) is 9.04. The van der Waals surface area contributed by atoms with Gasteiger partial charge in [-0.15, -0.1) is 0 Å². The fourth-order valence-corrected chi connectivity index (χ4v) is 3.31. The summed E-state index contributed by atoms with van der Waals surface area (Å²) in [6.07, 6.45) is 4.69. The van der Waals surface area contributed by atoms with Crippen LogP contribution in [-0.4, -0.2) is 27.1 Å². The molecule has 0 saturated heterocycles. The number of carboxylic acids is 1. The number of nitrogens with one attached hydrogen (secondary N) is 1. The largest absolute Gasteiger partial charge is 0.479 e. The summed E-state index contributed by atoms with van der Waals surface area (Å²) in [5.74, 6) is -0.705. The zero-order valence-corrected chi connectivity index (χ0v) is 15.1. The predicted octanol–water partition coefficient (Wildman–Crippen LogP) is 3.05. The normalized spacial score (nSPS) is 15.6. The Bertz CT molecular complexity index is 830. The van der Waals surface area contributed by atoms with Crippen molar-refractivity contribution >= 4 is 11.9 Å². The third kappa shape index (κ3) is 4.69. The standard InChI is InChI=1S/C19H22FN3O4/c1-11-10-13(6-7-14(11)20)17(19(25)26)21-15(24)8-9-16-22-18(23-27-16)12-4-2-3-5-12/h6-7,10,12,17H,2-5,8-9H2,1H3,(H,21,24)(H,25,26). The van der Waals surface area contributed by atoms with Crippen LogP contribution in [0.1, 0.15) is 66.9 Å². The highest BCUT2D eigenvalue weighted by Gasteiger charge is 2.24. The van der Waals surface area contributed by atoms with E-state index in [0.29, 0.717) is 28.8 Å². The Kier molecular flexibility index (Phi) is 5.83. The van der Waals surface area contributed by atoms with E-state index in [1.165, 1.54) is 25.1 Å². The highest BCUT2D eigenvalue weighted by molar-refractivity contribution is 5.84. The van der Waals surface area contributed by atoms with Gasteiger partial charge in [-0.1, -0.05) is 30.1 Å². The zero-order chi connectivity index (χ0) is 19.4. The molecule has 3 rings (SSSR count). The first kappa shape index (κ1) is 19.0. The maximum atomic E-state index is 13.4. The number of aliphatic carboxylic acids is 1. The number of halogens is 1. The first-order chi connectivity index (χ1) is 12.9. The minimum atomic E-state index is -1.24. The van der Waals surface area contributed by atoms with Gasteiger partial charge >= 0.3 is 5.97 Å². The van der Waals surface area contributed by atoms with Crippen LogP contribution in [0.2, 0.25) is 0 Å². The molecule has 1 heterocycles. The molecule has 1 fully saturated rings. The molecule has 2 N–H and O–H groups in total. The number of hydrogen-bond acceptors (Lipinski definition) is 5. The van der Waals surface area contributed by atoms with Gasteiger partial charge in [-0.25, -0.2) is 9.18 Å². The van der Waals surface area contributed by atoms with Crippen LogP contribution < -0.4 is 5.32 Å². The number of nitrogens with zero attached hydrogens (tertiary/aromatic N) is 2. The van der Waals surface area contributed by atoms with Gasteiger partial charge in [0.25, 0.3) is 0 Å². The molecule has 1 aromatic carbocycles. The molecule has 1 aliphatic carbocycles. The van der Waals surface area contributed by atoms with E-state index in [1.54, 1.807) is 0 Å². The van der Waals surface area contributed by atoms with E-state index in [9.17, 15) is 19.1 Å². The number of rotatable bonds is 7. The lowest BCUT2D eigenvalue weighted by molar-refractivity contribution is -0.142. The second-order valence-electron chi connectivity index (χ2n) is 6.88. The second kappa shape index (κ2) is 8.28. The Morgan fingerprint density at radius 2 is 2.11 bits per heavy atom. The number of carboxylic acid groups (broad SMARTS) is 1. The molecule has 0 aliphatic heterocycles. The lowest BCUT2D eigenvalue weighted by atomic mass is 10.0. The Morgan fingerprint density at radius 3 is 2.78 bits per heavy atom. The fraction of sp³-hybridized carbons (Fsp3) is 0.474. The van der Waals surface area contributed by atoms with Crippen molar-refractivity contribution in [3.05, 3.63) is 46.9 Å². The van der Waals surface area contributed by atoms with Crippen molar-refractivity contribution < 1.29 is 23.6 Å². The average Bonchev–Trinajstić information content (AvgIpc) is 3.31. The quantitative estimate of drug-likeness (QED) is 0.771. The zero-order valence-electron chi connectivity index (χ0n) is 15.1. The van der Waals surface area contributed by atoms with E-state index in [-0.39, 0.29) is 12.8 Å². The number of hydrogen-bond donors (Lipinski definition) is 2. The third-order valence-corrected chi connectivity index (χ3v) is 4.84. The van der Waals surface area contributed by atoms with Gasteiger partial charge in [0.15, 0.2) is 11.9 Å². The van der Waals surface area contributed by atoms with Gasteiger partial charge in [-0.2, -0.15) is 4.98 Å². The van der Waals surface area contributed by atoms with Crippen molar-refractivity contribution in [1.82, 2.24) is 15.5 Å². The number of aryl methyl sites for hydroxylation is 2. The topological polar surface area (TPSA) is 105 Å². The van der Waals surface area contributed by atoms with E-state index in [2.05, 4.69) is 15.5 Å². The summed E-state index contributed by atoms with van der Waals surface area (Å²) >= 11 is 0. The van der Waals surface area contributed by atoms with Gasteiger partial charge in [0.1, 0.15) is 5.82 Å². The van der Waals surface area contributed by atoms with Crippen LogP contribution in [0.4, 0.5) is 4.39 Å². The lowest BCUT2D eigenvalue weighted by Crippen LogP contribution is -2.34. The summed E-state index contributed by atoms with van der Waals surface area (Å²) in [6.45, 7) is 1.54. The van der Waals surface area contributed by atoms with Crippen molar-refractivity contribution in [2.45, 2.75) is 57.4 Å². The van der Waals surface area contributed by atoms with Crippen LogP contribution in [0.5, 0.6) is 0 Å². The Labute approximate surface area is 156 Å². The monoisotopic (exact) mass is 375 g/mol. The van der Waals surface area contributed by atoms with E-state index in [1.807, 2.05) is 0 Å². The maximum absolute atomic E-state index is 13.4. The van der Waals surface area contributed by atoms with Gasteiger partial charge in [0.2, 0.25) is 11.8 Å². The molecule has 0 spiro atoms. The molecule has 1 amide bonds. The summed E-state index contributed by atoms with van der Waals surface area (Å²) < 4.78 is 18.6. The third-order valence-electron chi connectivity index (χ3n) is 4.84. The average molecular weight is 375 g/mol. The molecule has 0 radical (unpaired) electrons. The van der Waals surface area contributed by atoms with Crippen molar-refractivity contribution in [3.8, 4) is 0 Å². The Morgan fingerprint density at radius 1 is 1.37 bits per heavy atom. The predicted molar refractivity (Wildman–Crippen MR) is 93.5 cm³/mol. The lowest BCUT2D eigenvalue weighted by Gasteiger charge is -2.15. The molecule has 1 aliphatic rings. The number of aromatic nitrogens is 2. The molecule has 8 heteroatoms. The van der Waals surface area contributed by atoms with E-state index < -0.39 is 23.7 Å². The van der Waals surface area contributed by atoms with Crippen molar-refractivity contribution in [1.29, 1.82) is 0 Å². The van der Waals surface area contributed by atoms with Gasteiger partial charge in [-0.05, 0) is 37.0 Å². The summed E-state index contributed by atoms with van der Waals surface area (Å²) in [6, 6.07) is 2.72. The van der Waals surface area contributed by atoms with Crippen molar-refractivity contribution in [2.24, 2.45) is 0 Å². The van der Waals surface area contributed by atoms with Crippen LogP contribution in [0.3, 0.4) is 0 Å². The molecule has 1 saturated carbocycles. The van der Waals surface area contributed by atoms with Gasteiger partial charge in [0.05, 0.1) is 0 Å². The highest BCUT2D eigenvalue weighted by atomic mass is 19.1. The Balaban J connectivity index is 1.58. The summed E-state index contributed by atoms with van der Waals surface area (Å²) in [5, 5.41) is 15.8. The molecular formula is C19H22FN3O4. The highest BCUT2D eigenvalue weighted by Crippen LogP contribution is 2.32. The van der Waals surface area contributed by atoms with Crippen LogP contribution >= 0.6 is 0 Å². The van der Waals surface area contributed by atoms with E-state index in [4.69, 9.17) is 4.52 Å². The summed E-state index contributed by atoms with van der Waals surface area (Å²) in [7, 11) is 0. The van der Waals surface area contributed by atoms with Crippen molar-refractivity contribution in [2.75, 3.05) is 0 Å². The number of carbonyl (C=O) groups is 2. The molecule has 2 aromatic rings. The molecule has 27 heavy (non-hydrogen) atoms. The van der Waals surface area contributed by atoms with E-state index in [0.717, 1.165) is 25.7 Å². The van der Waals surface area contributed by atoms with Crippen LogP contribution in [0.15, 0.2) is 22.7 Å². The summed E-state index contributed by atoms with van der Waals surface area (Å²) in [5.41, 5.74) is 0.634. The van der Waals surface area contributed by atoms with Gasteiger partial charge in [0, 0.05) is 18.8 Å². The molecule has 1 atom stereocenters. The minimum absolute atomic E-state index is 0.0241.